The third kappa shape index (κ3) is 6.27. The highest BCUT2D eigenvalue weighted by Crippen LogP contribution is 2.37. The normalized spacial score (nSPS) is 32.6. The van der Waals surface area contributed by atoms with Crippen LogP contribution in [0.1, 0.15) is 68.6 Å². The first kappa shape index (κ1) is 22.3. The lowest BCUT2D eigenvalue weighted by Gasteiger charge is -2.43. The summed E-state index contributed by atoms with van der Waals surface area (Å²) in [5.74, 6) is -0.0837. The molecule has 3 rings (SSSR count). The first-order valence-corrected chi connectivity index (χ1v) is 11.5. The zero-order valence-electron chi connectivity index (χ0n) is 17.9. The Labute approximate surface area is 175 Å². The van der Waals surface area contributed by atoms with Gasteiger partial charge in [0.05, 0.1) is 11.7 Å². The van der Waals surface area contributed by atoms with Crippen LogP contribution in [0.4, 0.5) is 0 Å². The SMILES string of the molecule is CC1(OC(=O)c2ccccc2)CNCCCNCC1C1CCCCCCCC1O. The molecule has 0 aromatic heterocycles. The van der Waals surface area contributed by atoms with Gasteiger partial charge in [0.2, 0.25) is 0 Å². The molecule has 1 saturated heterocycles. The van der Waals surface area contributed by atoms with Crippen LogP contribution in [0.2, 0.25) is 0 Å². The molecule has 1 heterocycles. The summed E-state index contributed by atoms with van der Waals surface area (Å²) < 4.78 is 6.22. The van der Waals surface area contributed by atoms with E-state index in [0.717, 1.165) is 51.7 Å². The monoisotopic (exact) mass is 402 g/mol. The summed E-state index contributed by atoms with van der Waals surface area (Å²) in [4.78, 5) is 13.0. The van der Waals surface area contributed by atoms with E-state index in [9.17, 15) is 9.90 Å². The maximum Gasteiger partial charge on any atom is 0.338 e. The molecule has 4 unspecified atom stereocenters. The second-order valence-electron chi connectivity index (χ2n) is 8.99. The number of aliphatic hydroxyl groups is 1. The second-order valence-corrected chi connectivity index (χ2v) is 8.99. The van der Waals surface area contributed by atoms with E-state index in [-0.39, 0.29) is 23.9 Å². The van der Waals surface area contributed by atoms with Gasteiger partial charge in [0.1, 0.15) is 5.60 Å². The number of aliphatic hydroxyl groups excluding tert-OH is 1. The van der Waals surface area contributed by atoms with Crippen LogP contribution in [0.5, 0.6) is 0 Å². The molecule has 2 aliphatic rings. The zero-order chi connectivity index (χ0) is 20.5. The smallest absolute Gasteiger partial charge is 0.338 e. The van der Waals surface area contributed by atoms with Gasteiger partial charge in [-0.05, 0) is 57.3 Å². The lowest BCUT2D eigenvalue weighted by molar-refractivity contribution is -0.0758. The first-order valence-electron chi connectivity index (χ1n) is 11.5. The molecule has 4 atom stereocenters. The molecular weight excluding hydrogens is 364 g/mol. The second kappa shape index (κ2) is 11.1. The Morgan fingerprint density at radius 2 is 1.69 bits per heavy atom. The molecule has 1 aliphatic carbocycles. The molecule has 29 heavy (non-hydrogen) atoms. The summed E-state index contributed by atoms with van der Waals surface area (Å²) in [5, 5.41) is 18.2. The molecule has 2 fully saturated rings. The van der Waals surface area contributed by atoms with Crippen LogP contribution in [-0.4, -0.2) is 49.0 Å². The van der Waals surface area contributed by atoms with Gasteiger partial charge in [-0.15, -0.1) is 0 Å². The molecule has 0 spiro atoms. The highest BCUT2D eigenvalue weighted by Gasteiger charge is 2.44. The van der Waals surface area contributed by atoms with Gasteiger partial charge in [-0.1, -0.05) is 50.3 Å². The van der Waals surface area contributed by atoms with Crippen LogP contribution in [-0.2, 0) is 4.74 Å². The van der Waals surface area contributed by atoms with Crippen molar-refractivity contribution < 1.29 is 14.6 Å². The quantitative estimate of drug-likeness (QED) is 0.675. The number of carbonyl (C=O) groups is 1. The third-order valence-electron chi connectivity index (χ3n) is 6.72. The largest absolute Gasteiger partial charge is 0.454 e. The average Bonchev–Trinajstić information content (AvgIpc) is 2.88. The number of ether oxygens (including phenoxy) is 1. The number of rotatable bonds is 3. The minimum atomic E-state index is -0.677. The number of benzene rings is 1. The summed E-state index contributed by atoms with van der Waals surface area (Å²) in [6.07, 6.45) is 8.44. The first-order chi connectivity index (χ1) is 14.1. The van der Waals surface area contributed by atoms with E-state index in [1.807, 2.05) is 18.2 Å². The van der Waals surface area contributed by atoms with Gasteiger partial charge >= 0.3 is 5.97 Å². The van der Waals surface area contributed by atoms with Gasteiger partial charge in [0.25, 0.3) is 0 Å². The van der Waals surface area contributed by atoms with E-state index in [1.54, 1.807) is 12.1 Å². The molecule has 0 radical (unpaired) electrons. The topological polar surface area (TPSA) is 70.6 Å². The summed E-state index contributed by atoms with van der Waals surface area (Å²) in [7, 11) is 0. The van der Waals surface area contributed by atoms with Crippen LogP contribution >= 0.6 is 0 Å². The van der Waals surface area contributed by atoms with Gasteiger partial charge in [0.15, 0.2) is 0 Å². The molecule has 1 saturated carbocycles. The molecule has 3 N–H and O–H groups in total. The standard InChI is InChI=1S/C24H38N2O3/c1-24(29-23(28)19-11-6-5-7-12-19)18-26-16-10-15-25-17-21(24)20-13-8-3-2-4-9-14-22(20)27/h5-7,11-12,20-22,25-27H,2-4,8-10,13-18H2,1H3. The van der Waals surface area contributed by atoms with Crippen molar-refractivity contribution in [2.45, 2.75) is 70.0 Å². The van der Waals surface area contributed by atoms with Crippen molar-refractivity contribution in [3.05, 3.63) is 35.9 Å². The van der Waals surface area contributed by atoms with Crippen LogP contribution in [0.15, 0.2) is 30.3 Å². The minimum Gasteiger partial charge on any atom is -0.454 e. The molecular formula is C24H38N2O3. The van der Waals surface area contributed by atoms with Crippen molar-refractivity contribution in [1.82, 2.24) is 10.6 Å². The van der Waals surface area contributed by atoms with Crippen molar-refractivity contribution >= 4 is 5.97 Å². The molecule has 1 aliphatic heterocycles. The fourth-order valence-electron chi connectivity index (χ4n) is 4.98. The Bertz CT molecular complexity index is 624. The van der Waals surface area contributed by atoms with Crippen molar-refractivity contribution in [2.75, 3.05) is 26.2 Å². The number of carbonyl (C=O) groups excluding carboxylic acids is 1. The molecule has 162 valence electrons. The van der Waals surface area contributed by atoms with Crippen LogP contribution in [0, 0.1) is 11.8 Å². The van der Waals surface area contributed by atoms with Crippen LogP contribution in [0.25, 0.3) is 0 Å². The van der Waals surface area contributed by atoms with Crippen molar-refractivity contribution in [1.29, 1.82) is 0 Å². The Morgan fingerprint density at radius 1 is 1.00 bits per heavy atom. The Kier molecular flexibility index (Phi) is 8.52. The lowest BCUT2D eigenvalue weighted by atomic mass is 9.73. The van der Waals surface area contributed by atoms with Crippen molar-refractivity contribution in [2.24, 2.45) is 11.8 Å². The number of nitrogens with one attached hydrogen (secondary N) is 2. The highest BCUT2D eigenvalue weighted by atomic mass is 16.6. The van der Waals surface area contributed by atoms with E-state index in [4.69, 9.17) is 4.74 Å². The Hall–Kier alpha value is -1.43. The fourth-order valence-corrected chi connectivity index (χ4v) is 4.98. The number of hydrogen-bond donors (Lipinski definition) is 3. The molecule has 5 nitrogen and oxygen atoms in total. The van der Waals surface area contributed by atoms with Gasteiger partial charge < -0.3 is 20.5 Å². The molecule has 1 aromatic rings. The van der Waals surface area contributed by atoms with E-state index < -0.39 is 5.60 Å². The Balaban J connectivity index is 1.85. The fraction of sp³-hybridized carbons (Fsp3) is 0.708. The predicted molar refractivity (Wildman–Crippen MR) is 116 cm³/mol. The Morgan fingerprint density at radius 3 is 2.48 bits per heavy atom. The summed E-state index contributed by atoms with van der Waals surface area (Å²) in [5.41, 5.74) is -0.0976. The summed E-state index contributed by atoms with van der Waals surface area (Å²) in [6.45, 7) is 5.27. The lowest BCUT2D eigenvalue weighted by Crippen LogP contribution is -2.54. The maximum atomic E-state index is 13.0. The average molecular weight is 403 g/mol. The van der Waals surface area contributed by atoms with Gasteiger partial charge in [0, 0.05) is 19.0 Å². The number of esters is 1. The van der Waals surface area contributed by atoms with Crippen molar-refractivity contribution in [3.63, 3.8) is 0 Å². The van der Waals surface area contributed by atoms with E-state index in [0.29, 0.717) is 12.1 Å². The van der Waals surface area contributed by atoms with E-state index in [1.165, 1.54) is 19.3 Å². The van der Waals surface area contributed by atoms with Gasteiger partial charge in [-0.25, -0.2) is 4.79 Å². The summed E-state index contributed by atoms with van der Waals surface area (Å²) >= 11 is 0. The van der Waals surface area contributed by atoms with E-state index in [2.05, 4.69) is 17.6 Å². The zero-order valence-corrected chi connectivity index (χ0v) is 17.9. The van der Waals surface area contributed by atoms with Crippen LogP contribution in [0.3, 0.4) is 0 Å². The predicted octanol–water partition coefficient (Wildman–Crippen LogP) is 3.52. The van der Waals surface area contributed by atoms with Crippen LogP contribution < -0.4 is 10.6 Å². The highest BCUT2D eigenvalue weighted by molar-refractivity contribution is 5.89. The molecule has 0 bridgehead atoms. The van der Waals surface area contributed by atoms with Crippen molar-refractivity contribution in [3.8, 4) is 0 Å². The summed E-state index contributed by atoms with van der Waals surface area (Å²) in [6, 6.07) is 9.23. The third-order valence-corrected chi connectivity index (χ3v) is 6.72. The maximum absolute atomic E-state index is 13.0. The molecule has 1 aromatic carbocycles. The molecule has 5 heteroatoms. The van der Waals surface area contributed by atoms with Gasteiger partial charge in [-0.3, -0.25) is 0 Å². The van der Waals surface area contributed by atoms with E-state index >= 15 is 0 Å². The number of hydrogen-bond acceptors (Lipinski definition) is 5. The molecule has 0 amide bonds. The van der Waals surface area contributed by atoms with Gasteiger partial charge in [-0.2, -0.15) is 0 Å². The minimum absolute atomic E-state index is 0.0638.